The van der Waals surface area contributed by atoms with Crippen molar-refractivity contribution < 1.29 is 9.90 Å². The van der Waals surface area contributed by atoms with Crippen LogP contribution in [0.3, 0.4) is 0 Å². The summed E-state index contributed by atoms with van der Waals surface area (Å²) in [7, 11) is 1.74. The van der Waals surface area contributed by atoms with Crippen molar-refractivity contribution in [2.75, 3.05) is 13.6 Å². The summed E-state index contributed by atoms with van der Waals surface area (Å²) < 4.78 is 0. The highest BCUT2D eigenvalue weighted by molar-refractivity contribution is 5.82. The summed E-state index contributed by atoms with van der Waals surface area (Å²) in [5.41, 5.74) is 2.90. The molecule has 3 nitrogen and oxygen atoms in total. The van der Waals surface area contributed by atoms with Crippen molar-refractivity contribution in [3.05, 3.63) is 108 Å². The lowest BCUT2D eigenvalue weighted by atomic mass is 9.90. The first-order valence-electron chi connectivity index (χ1n) is 8.74. The molecule has 0 radical (unpaired) electrons. The number of carbonyl (C=O) groups excluding carboxylic acids is 1. The van der Waals surface area contributed by atoms with Gasteiger partial charge in [-0.2, -0.15) is 0 Å². The van der Waals surface area contributed by atoms with Gasteiger partial charge in [0.1, 0.15) is 0 Å². The van der Waals surface area contributed by atoms with Gasteiger partial charge in [0.15, 0.2) is 6.10 Å². The number of hydrogen-bond acceptors (Lipinski definition) is 2. The van der Waals surface area contributed by atoms with E-state index in [0.29, 0.717) is 12.1 Å². The van der Waals surface area contributed by atoms with E-state index in [1.165, 1.54) is 0 Å². The Balaban J connectivity index is 1.81. The van der Waals surface area contributed by atoms with E-state index >= 15 is 0 Å². The Morgan fingerprint density at radius 2 is 1.15 bits per heavy atom. The van der Waals surface area contributed by atoms with Crippen LogP contribution < -0.4 is 0 Å². The zero-order chi connectivity index (χ0) is 18.4. The largest absolute Gasteiger partial charge is 0.378 e. The molecule has 0 saturated carbocycles. The third-order valence-electron chi connectivity index (χ3n) is 4.59. The van der Waals surface area contributed by atoms with Crippen LogP contribution in [-0.2, 0) is 4.79 Å². The summed E-state index contributed by atoms with van der Waals surface area (Å²) >= 11 is 0. The molecule has 0 spiro atoms. The predicted molar refractivity (Wildman–Crippen MR) is 104 cm³/mol. The van der Waals surface area contributed by atoms with Gasteiger partial charge >= 0.3 is 0 Å². The minimum atomic E-state index is -1.15. The van der Waals surface area contributed by atoms with Gasteiger partial charge in [-0.15, -0.1) is 0 Å². The van der Waals surface area contributed by atoms with E-state index in [1.54, 1.807) is 24.1 Å². The Hall–Kier alpha value is -2.91. The number of nitrogens with zero attached hydrogens (tertiary/aromatic N) is 1. The van der Waals surface area contributed by atoms with Crippen LogP contribution in [0.4, 0.5) is 0 Å². The fourth-order valence-corrected chi connectivity index (χ4v) is 3.12. The molecule has 3 aromatic carbocycles. The average Bonchev–Trinajstić information content (AvgIpc) is 2.72. The molecule has 0 aliphatic heterocycles. The van der Waals surface area contributed by atoms with Gasteiger partial charge in [0.25, 0.3) is 5.91 Å². The van der Waals surface area contributed by atoms with Gasteiger partial charge in [-0.3, -0.25) is 4.79 Å². The second-order valence-electron chi connectivity index (χ2n) is 6.41. The molecule has 1 amide bonds. The summed E-state index contributed by atoms with van der Waals surface area (Å²) in [6, 6.07) is 29.3. The smallest absolute Gasteiger partial charge is 0.255 e. The van der Waals surface area contributed by atoms with Crippen LogP contribution in [0.5, 0.6) is 0 Å². The molecule has 0 aliphatic carbocycles. The molecule has 3 rings (SSSR count). The van der Waals surface area contributed by atoms with Gasteiger partial charge in [-0.1, -0.05) is 91.0 Å². The number of carbonyl (C=O) groups is 1. The molecule has 0 fully saturated rings. The quantitative estimate of drug-likeness (QED) is 0.733. The SMILES string of the molecule is CN(CC(c1ccccc1)c1ccccc1)C(=O)C(O)c1ccccc1. The number of benzene rings is 3. The predicted octanol–water partition coefficient (Wildman–Crippen LogP) is 4.01. The summed E-state index contributed by atoms with van der Waals surface area (Å²) in [6.07, 6.45) is -1.15. The highest BCUT2D eigenvalue weighted by Gasteiger charge is 2.24. The fraction of sp³-hybridized carbons (Fsp3) is 0.174. The van der Waals surface area contributed by atoms with Crippen LogP contribution in [0.1, 0.15) is 28.7 Å². The minimum absolute atomic E-state index is 0.0503. The summed E-state index contributed by atoms with van der Waals surface area (Å²) in [6.45, 7) is 0.497. The van der Waals surface area contributed by atoms with Crippen LogP contribution in [0, 0.1) is 0 Å². The number of aliphatic hydroxyl groups excluding tert-OH is 1. The average molecular weight is 345 g/mol. The van der Waals surface area contributed by atoms with Gasteiger partial charge < -0.3 is 10.0 Å². The lowest BCUT2D eigenvalue weighted by Gasteiger charge is -2.27. The topological polar surface area (TPSA) is 40.5 Å². The number of hydrogen-bond donors (Lipinski definition) is 1. The Labute approximate surface area is 154 Å². The van der Waals surface area contributed by atoms with Gasteiger partial charge in [0, 0.05) is 19.5 Å². The van der Waals surface area contributed by atoms with E-state index in [9.17, 15) is 9.90 Å². The Kier molecular flexibility index (Phi) is 5.82. The first-order valence-corrected chi connectivity index (χ1v) is 8.74. The molecule has 3 aromatic rings. The monoisotopic (exact) mass is 345 g/mol. The van der Waals surface area contributed by atoms with E-state index in [-0.39, 0.29) is 11.8 Å². The van der Waals surface area contributed by atoms with Crippen molar-refractivity contribution in [1.29, 1.82) is 0 Å². The Morgan fingerprint density at radius 1 is 0.769 bits per heavy atom. The van der Waals surface area contributed by atoms with Crippen LogP contribution in [0.25, 0.3) is 0 Å². The van der Waals surface area contributed by atoms with Gasteiger partial charge in [0.2, 0.25) is 0 Å². The van der Waals surface area contributed by atoms with E-state index in [1.807, 2.05) is 54.6 Å². The van der Waals surface area contributed by atoms with Crippen LogP contribution in [-0.4, -0.2) is 29.5 Å². The van der Waals surface area contributed by atoms with Crippen molar-refractivity contribution in [3.8, 4) is 0 Å². The Morgan fingerprint density at radius 3 is 1.58 bits per heavy atom. The maximum Gasteiger partial charge on any atom is 0.255 e. The third kappa shape index (κ3) is 4.19. The first-order chi connectivity index (χ1) is 12.7. The molecule has 3 heteroatoms. The Bertz CT molecular complexity index is 779. The van der Waals surface area contributed by atoms with Crippen LogP contribution in [0.15, 0.2) is 91.0 Å². The van der Waals surface area contributed by atoms with E-state index in [2.05, 4.69) is 24.3 Å². The second-order valence-corrected chi connectivity index (χ2v) is 6.41. The molecule has 1 N–H and O–H groups in total. The number of aliphatic hydroxyl groups is 1. The standard InChI is InChI=1S/C23H23NO2/c1-24(23(26)22(25)20-15-9-4-10-16-20)17-21(18-11-5-2-6-12-18)19-13-7-3-8-14-19/h2-16,21-22,25H,17H2,1H3. The molecule has 0 saturated heterocycles. The maximum absolute atomic E-state index is 12.7. The molecule has 1 atom stereocenters. The first kappa shape index (κ1) is 17.9. The second kappa shape index (κ2) is 8.45. The summed E-state index contributed by atoms with van der Waals surface area (Å²) in [4.78, 5) is 14.3. The molecule has 0 heterocycles. The fourth-order valence-electron chi connectivity index (χ4n) is 3.12. The van der Waals surface area contributed by atoms with Crippen molar-refractivity contribution in [1.82, 2.24) is 4.90 Å². The molecule has 0 aliphatic rings. The van der Waals surface area contributed by atoms with E-state index in [4.69, 9.17) is 0 Å². The molecule has 26 heavy (non-hydrogen) atoms. The minimum Gasteiger partial charge on any atom is -0.378 e. The maximum atomic E-state index is 12.7. The molecule has 1 unspecified atom stereocenters. The van der Waals surface area contributed by atoms with Crippen molar-refractivity contribution in [2.45, 2.75) is 12.0 Å². The van der Waals surface area contributed by atoms with Crippen molar-refractivity contribution >= 4 is 5.91 Å². The van der Waals surface area contributed by atoms with Crippen LogP contribution in [0.2, 0.25) is 0 Å². The molecule has 0 bridgehead atoms. The van der Waals surface area contributed by atoms with Crippen LogP contribution >= 0.6 is 0 Å². The zero-order valence-electron chi connectivity index (χ0n) is 14.8. The van der Waals surface area contributed by atoms with Gasteiger partial charge in [0.05, 0.1) is 0 Å². The zero-order valence-corrected chi connectivity index (χ0v) is 14.8. The summed E-state index contributed by atoms with van der Waals surface area (Å²) in [5, 5.41) is 10.4. The normalized spacial score (nSPS) is 12.0. The lowest BCUT2D eigenvalue weighted by Crippen LogP contribution is -2.35. The molecule has 0 aromatic heterocycles. The molecular formula is C23H23NO2. The lowest BCUT2D eigenvalue weighted by molar-refractivity contribution is -0.139. The summed E-state index contributed by atoms with van der Waals surface area (Å²) in [5.74, 6) is -0.248. The third-order valence-corrected chi connectivity index (χ3v) is 4.59. The molecule has 132 valence electrons. The van der Waals surface area contributed by atoms with Crippen molar-refractivity contribution in [3.63, 3.8) is 0 Å². The van der Waals surface area contributed by atoms with E-state index in [0.717, 1.165) is 11.1 Å². The van der Waals surface area contributed by atoms with Gasteiger partial charge in [-0.25, -0.2) is 0 Å². The number of amides is 1. The number of rotatable bonds is 6. The highest BCUT2D eigenvalue weighted by Crippen LogP contribution is 2.26. The highest BCUT2D eigenvalue weighted by atomic mass is 16.3. The van der Waals surface area contributed by atoms with Crippen molar-refractivity contribution in [2.24, 2.45) is 0 Å². The van der Waals surface area contributed by atoms with Gasteiger partial charge in [-0.05, 0) is 16.7 Å². The molecular weight excluding hydrogens is 322 g/mol. The van der Waals surface area contributed by atoms with E-state index < -0.39 is 6.10 Å². The number of likely N-dealkylation sites (N-methyl/N-ethyl adjacent to an activating group) is 1.